The van der Waals surface area contributed by atoms with Crippen LogP contribution in [0.15, 0.2) is 51.9 Å². The molecule has 1 aromatic heterocycles. The number of benzene rings is 2. The van der Waals surface area contributed by atoms with Gasteiger partial charge in [-0.15, -0.1) is 0 Å². The van der Waals surface area contributed by atoms with Crippen LogP contribution in [0.3, 0.4) is 0 Å². The smallest absolute Gasteiger partial charge is 0.229 e. The summed E-state index contributed by atoms with van der Waals surface area (Å²) in [6.45, 7) is -0.470. The van der Waals surface area contributed by atoms with Crippen LogP contribution in [0.5, 0.6) is 17.2 Å². The van der Waals surface area contributed by atoms with Crippen LogP contribution in [0.25, 0.3) is 21.9 Å². The minimum absolute atomic E-state index is 0.0223. The Morgan fingerprint density at radius 3 is 2.71 bits per heavy atom. The van der Waals surface area contributed by atoms with Crippen molar-refractivity contribution in [2.45, 2.75) is 24.6 Å². The van der Waals surface area contributed by atoms with Crippen molar-refractivity contribution in [2.24, 2.45) is 0 Å². The van der Waals surface area contributed by atoms with E-state index in [0.29, 0.717) is 5.75 Å². The van der Waals surface area contributed by atoms with Gasteiger partial charge in [-0.05, 0) is 30.3 Å². The van der Waals surface area contributed by atoms with E-state index in [4.69, 9.17) is 23.7 Å². The predicted molar refractivity (Wildman–Crippen MR) is 107 cm³/mol. The van der Waals surface area contributed by atoms with E-state index in [0.717, 1.165) is 0 Å². The maximum Gasteiger partial charge on any atom is 0.229 e. The number of phenols is 1. The molecule has 4 rings (SSSR count). The summed E-state index contributed by atoms with van der Waals surface area (Å²) in [5, 5.41) is 48.6. The Kier molecular flexibility index (Phi) is 5.81. The van der Waals surface area contributed by atoms with E-state index in [1.807, 2.05) is 0 Å². The lowest BCUT2D eigenvalue weighted by Gasteiger charge is -2.34. The summed E-state index contributed by atoms with van der Waals surface area (Å²) in [6, 6.07) is 7.02. The first-order valence-corrected chi connectivity index (χ1v) is 9.38. The van der Waals surface area contributed by atoms with Gasteiger partial charge in [-0.3, -0.25) is 4.79 Å². The Balaban J connectivity index is 1.79. The van der Waals surface area contributed by atoms with Gasteiger partial charge in [-0.2, -0.15) is 0 Å². The summed E-state index contributed by atoms with van der Waals surface area (Å²) in [5.74, 6) is -0.0128. The van der Waals surface area contributed by atoms with Crippen LogP contribution >= 0.6 is 0 Å². The van der Waals surface area contributed by atoms with Crippen LogP contribution in [-0.4, -0.2) is 63.3 Å². The molecule has 0 amide bonds. The van der Waals surface area contributed by atoms with Gasteiger partial charge in [0.15, 0.2) is 11.3 Å². The highest BCUT2D eigenvalue weighted by atomic mass is 16.7. The zero-order valence-electron chi connectivity index (χ0n) is 16.0. The molecule has 0 unspecified atom stereocenters. The largest absolute Gasteiger partial charge is 0.507 e. The molecule has 1 fully saturated rings. The first-order chi connectivity index (χ1) is 14.9. The van der Waals surface area contributed by atoms with Gasteiger partial charge in [0.2, 0.25) is 11.7 Å². The Morgan fingerprint density at radius 1 is 1.13 bits per heavy atom. The molecule has 10 heteroatoms. The third-order valence-electron chi connectivity index (χ3n) is 4.84. The fourth-order valence-electron chi connectivity index (χ4n) is 3.24. The van der Waals surface area contributed by atoms with Crippen LogP contribution in [0.2, 0.25) is 0 Å². The average Bonchev–Trinajstić information content (AvgIpc) is 2.76. The highest BCUT2D eigenvalue weighted by Gasteiger charge is 2.39. The maximum absolute atomic E-state index is 13.0. The Labute approximate surface area is 174 Å². The highest BCUT2D eigenvalue weighted by molar-refractivity contribution is 5.96. The van der Waals surface area contributed by atoms with Crippen LogP contribution in [-0.2, 0) is 4.74 Å². The molecule has 1 saturated heterocycles. The Bertz CT molecular complexity index is 1180. The number of rotatable bonds is 5. The minimum atomic E-state index is -1.56. The molecule has 2 heterocycles. The number of aliphatic hydroxyl groups is 4. The first kappa shape index (κ1) is 21.1. The fourth-order valence-corrected chi connectivity index (χ4v) is 3.24. The van der Waals surface area contributed by atoms with Gasteiger partial charge < -0.3 is 44.2 Å². The second kappa shape index (κ2) is 8.53. The van der Waals surface area contributed by atoms with Crippen molar-refractivity contribution < 1.29 is 44.2 Å². The van der Waals surface area contributed by atoms with E-state index >= 15 is 0 Å². The van der Waals surface area contributed by atoms with Gasteiger partial charge in [0.05, 0.1) is 24.9 Å². The highest BCUT2D eigenvalue weighted by Crippen LogP contribution is 2.35. The summed E-state index contributed by atoms with van der Waals surface area (Å²) in [4.78, 5) is 13.0. The number of phenolic OH excluding ortho intramolecular Hbond substituents is 1. The third-order valence-corrected chi connectivity index (χ3v) is 4.84. The molecular formula is C21H20O10. The molecule has 4 atom stereocenters. The van der Waals surface area contributed by atoms with Crippen molar-refractivity contribution >= 4 is 21.9 Å². The van der Waals surface area contributed by atoms with Gasteiger partial charge in [0.1, 0.15) is 40.8 Å². The lowest BCUT2D eigenvalue weighted by molar-refractivity contribution is -0.241. The number of aromatic hydroxyl groups is 1. The lowest BCUT2D eigenvalue weighted by atomic mass is 10.1. The third kappa shape index (κ3) is 3.94. The van der Waals surface area contributed by atoms with Crippen molar-refractivity contribution in [3.8, 4) is 17.2 Å². The first-order valence-electron chi connectivity index (χ1n) is 9.38. The molecule has 3 aromatic rings. The van der Waals surface area contributed by atoms with Crippen LogP contribution in [0.1, 0.15) is 0 Å². The van der Waals surface area contributed by atoms with Crippen molar-refractivity contribution in [3.05, 3.63) is 52.9 Å². The number of hydrogen-bond acceptors (Lipinski definition) is 10. The molecule has 1 aliphatic heterocycles. The minimum Gasteiger partial charge on any atom is -0.507 e. The van der Waals surface area contributed by atoms with Crippen molar-refractivity contribution in [1.82, 2.24) is 0 Å². The van der Waals surface area contributed by atoms with Crippen LogP contribution in [0.4, 0.5) is 0 Å². The molecule has 0 radical (unpaired) electrons. The second-order valence-corrected chi connectivity index (χ2v) is 6.92. The zero-order valence-corrected chi connectivity index (χ0v) is 16.0. The van der Waals surface area contributed by atoms with E-state index in [-0.39, 0.29) is 46.7 Å². The van der Waals surface area contributed by atoms with Gasteiger partial charge >= 0.3 is 0 Å². The lowest BCUT2D eigenvalue weighted by Crippen LogP contribution is -2.54. The molecule has 0 spiro atoms. The summed E-state index contributed by atoms with van der Waals surface area (Å²) >= 11 is 0. The van der Waals surface area contributed by atoms with Gasteiger partial charge in [-0.25, -0.2) is 0 Å². The second-order valence-electron chi connectivity index (χ2n) is 6.92. The number of ether oxygens (including phenoxy) is 3. The predicted octanol–water partition coefficient (Wildman–Crippen LogP) is 0.354. The van der Waals surface area contributed by atoms with Crippen molar-refractivity contribution in [3.63, 3.8) is 0 Å². The Morgan fingerprint density at radius 2 is 1.94 bits per heavy atom. The quantitative estimate of drug-likeness (QED) is 0.281. The molecule has 164 valence electrons. The van der Waals surface area contributed by atoms with E-state index < -0.39 is 30.0 Å². The molecule has 0 aliphatic carbocycles. The maximum atomic E-state index is 13.0. The standard InChI is InChI=1S/C21H20O10/c22-6-1-7-28-10-2-3-11-15(8-10)30-20-14(5-4-12(23)16(20)17(11)25)31-21-19(27)18(26)13(24)9-29-21/h1-5,7-8,13,18-19,21-24,26-27H,6,9H2/t13-,18+,19-,21+/m1/s1. The van der Waals surface area contributed by atoms with E-state index in [9.17, 15) is 25.2 Å². The van der Waals surface area contributed by atoms with E-state index in [1.165, 1.54) is 42.7 Å². The van der Waals surface area contributed by atoms with Crippen LogP contribution < -0.4 is 14.9 Å². The molecule has 31 heavy (non-hydrogen) atoms. The molecule has 2 aromatic carbocycles. The zero-order chi connectivity index (χ0) is 22.1. The topological polar surface area (TPSA) is 159 Å². The van der Waals surface area contributed by atoms with Gasteiger partial charge in [0, 0.05) is 6.07 Å². The molecule has 0 saturated carbocycles. The fraction of sp³-hybridized carbons (Fsp3) is 0.286. The Hall–Kier alpha value is -3.15. The summed E-state index contributed by atoms with van der Waals surface area (Å²) in [5.41, 5.74) is -0.474. The summed E-state index contributed by atoms with van der Waals surface area (Å²) in [7, 11) is 0. The van der Waals surface area contributed by atoms with E-state index in [2.05, 4.69) is 0 Å². The van der Waals surface area contributed by atoms with Crippen molar-refractivity contribution in [2.75, 3.05) is 13.2 Å². The SMILES string of the molecule is O=c1c2ccc(OC=CCO)cc2oc2c(O[C@@H]3OC[C@@H](O)[C@H](O)[C@H]3O)ccc(O)c12. The average molecular weight is 432 g/mol. The number of aliphatic hydroxyl groups excluding tert-OH is 4. The molecular weight excluding hydrogens is 412 g/mol. The molecule has 1 aliphatic rings. The monoisotopic (exact) mass is 432 g/mol. The molecule has 5 N–H and O–H groups in total. The van der Waals surface area contributed by atoms with Gasteiger partial charge in [-0.1, -0.05) is 0 Å². The number of fused-ring (bicyclic) bond motifs is 2. The molecule has 0 bridgehead atoms. The van der Waals surface area contributed by atoms with Crippen molar-refractivity contribution in [1.29, 1.82) is 0 Å². The molecule has 10 nitrogen and oxygen atoms in total. The number of hydrogen-bond donors (Lipinski definition) is 5. The summed E-state index contributed by atoms with van der Waals surface area (Å²) < 4.78 is 22.0. The normalized spacial score (nSPS) is 24.1. The summed E-state index contributed by atoms with van der Waals surface area (Å²) in [6.07, 6.45) is -3.00. The van der Waals surface area contributed by atoms with E-state index in [1.54, 1.807) is 0 Å². The van der Waals surface area contributed by atoms with Gasteiger partial charge in [0.25, 0.3) is 0 Å². The van der Waals surface area contributed by atoms with Crippen LogP contribution in [0, 0.1) is 0 Å².